The molecule has 0 amide bonds. The van der Waals surface area contributed by atoms with Crippen molar-refractivity contribution in [2.24, 2.45) is 0 Å². The van der Waals surface area contributed by atoms with Crippen LogP contribution in [0.1, 0.15) is 11.6 Å². The molecular weight excluding hydrogens is 162 g/mol. The average Bonchev–Trinajstić information content (AvgIpc) is 2.70. The predicted octanol–water partition coefficient (Wildman–Crippen LogP) is 1.67. The molecule has 1 aromatic heterocycles. The molecule has 0 atom stereocenters. The van der Waals surface area contributed by atoms with Crippen LogP contribution in [0.4, 0.5) is 0 Å². The summed E-state index contributed by atoms with van der Waals surface area (Å²) >= 11 is 0. The maximum Gasteiger partial charge on any atom is 0.0933 e. The van der Waals surface area contributed by atoms with Crippen LogP contribution in [0.2, 0.25) is 0 Å². The van der Waals surface area contributed by atoms with Gasteiger partial charge in [0, 0.05) is 12.1 Å². The molecule has 66 valence electrons. The van der Waals surface area contributed by atoms with Crippen LogP contribution in [-0.4, -0.2) is 15.0 Å². The van der Waals surface area contributed by atoms with E-state index in [0.717, 1.165) is 5.69 Å². The zero-order chi connectivity index (χ0) is 9.10. The third-order valence-electron chi connectivity index (χ3n) is 1.96. The van der Waals surface area contributed by atoms with E-state index in [1.165, 1.54) is 0 Å². The van der Waals surface area contributed by atoms with Gasteiger partial charge in [0.1, 0.15) is 0 Å². The second kappa shape index (κ2) is 3.39. The monoisotopic (exact) mass is 173 g/mol. The summed E-state index contributed by atoms with van der Waals surface area (Å²) in [6, 6.07) is 0. The molecule has 1 aliphatic carbocycles. The molecule has 0 spiro atoms. The molecule has 3 heteroatoms. The third kappa shape index (κ3) is 1.59. The van der Waals surface area contributed by atoms with E-state index < -0.39 is 0 Å². The largest absolute Gasteiger partial charge is 0.248 e. The normalized spacial score (nSPS) is 15.4. The minimum atomic E-state index is 0.304. The molecule has 0 aromatic carbocycles. The number of hydrogen-bond donors (Lipinski definition) is 0. The van der Waals surface area contributed by atoms with Crippen molar-refractivity contribution in [2.45, 2.75) is 12.5 Å². The fraction of sp³-hybridized carbons (Fsp3) is 0.200. The molecule has 1 heterocycles. The van der Waals surface area contributed by atoms with Crippen LogP contribution in [0, 0.1) is 0 Å². The van der Waals surface area contributed by atoms with E-state index in [0.29, 0.717) is 12.5 Å². The van der Waals surface area contributed by atoms with Gasteiger partial charge < -0.3 is 0 Å². The first-order valence-electron chi connectivity index (χ1n) is 4.26. The molecule has 0 N–H and O–H groups in total. The summed E-state index contributed by atoms with van der Waals surface area (Å²) in [4.78, 5) is 0. The fourth-order valence-corrected chi connectivity index (χ4v) is 1.32. The molecule has 0 saturated heterocycles. The fourth-order valence-electron chi connectivity index (χ4n) is 1.32. The predicted molar refractivity (Wildman–Crippen MR) is 51.2 cm³/mol. The summed E-state index contributed by atoms with van der Waals surface area (Å²) in [6.45, 7) is 4.36. The number of rotatable bonds is 3. The number of nitrogens with zero attached hydrogens (tertiary/aromatic N) is 3. The first-order chi connectivity index (χ1) is 6.40. The molecule has 0 aliphatic heterocycles. The van der Waals surface area contributed by atoms with E-state index in [1.54, 1.807) is 10.8 Å². The molecule has 0 saturated carbocycles. The van der Waals surface area contributed by atoms with Crippen LogP contribution >= 0.6 is 0 Å². The highest BCUT2D eigenvalue weighted by Gasteiger charge is 2.10. The molecule has 1 aromatic rings. The van der Waals surface area contributed by atoms with E-state index in [9.17, 15) is 0 Å². The topological polar surface area (TPSA) is 30.7 Å². The van der Waals surface area contributed by atoms with E-state index in [2.05, 4.69) is 29.0 Å². The Kier molecular flexibility index (Phi) is 2.08. The standard InChI is InChI=1S/C10H11N3/c1-2-7-13-8-10(11-12-13)9-5-3-4-6-9/h2-6,8-9H,1,7H2. The summed E-state index contributed by atoms with van der Waals surface area (Å²) in [5.41, 5.74) is 0.992. The summed E-state index contributed by atoms with van der Waals surface area (Å²) in [5, 5.41) is 8.06. The lowest BCUT2D eigenvalue weighted by Gasteiger charge is -1.96. The van der Waals surface area contributed by atoms with E-state index >= 15 is 0 Å². The Morgan fingerprint density at radius 1 is 1.46 bits per heavy atom. The minimum absolute atomic E-state index is 0.304. The molecule has 13 heavy (non-hydrogen) atoms. The molecule has 2 rings (SSSR count). The third-order valence-corrected chi connectivity index (χ3v) is 1.96. The van der Waals surface area contributed by atoms with Crippen molar-refractivity contribution >= 4 is 0 Å². The van der Waals surface area contributed by atoms with Crippen LogP contribution < -0.4 is 0 Å². The second-order valence-electron chi connectivity index (χ2n) is 2.95. The van der Waals surface area contributed by atoms with Crippen molar-refractivity contribution in [1.82, 2.24) is 15.0 Å². The first-order valence-corrected chi connectivity index (χ1v) is 4.26. The van der Waals surface area contributed by atoms with Gasteiger partial charge in [0.15, 0.2) is 0 Å². The Morgan fingerprint density at radius 2 is 2.23 bits per heavy atom. The highest BCUT2D eigenvalue weighted by Crippen LogP contribution is 2.19. The highest BCUT2D eigenvalue weighted by atomic mass is 15.4. The molecular formula is C10H11N3. The van der Waals surface area contributed by atoms with E-state index in [-0.39, 0.29) is 0 Å². The first kappa shape index (κ1) is 7.98. The molecule has 0 bridgehead atoms. The zero-order valence-corrected chi connectivity index (χ0v) is 7.30. The van der Waals surface area contributed by atoms with Gasteiger partial charge in [-0.05, 0) is 0 Å². The van der Waals surface area contributed by atoms with Gasteiger partial charge in [-0.25, -0.2) is 4.68 Å². The van der Waals surface area contributed by atoms with Gasteiger partial charge in [-0.15, -0.1) is 11.7 Å². The average molecular weight is 173 g/mol. The Bertz CT molecular complexity index is 348. The Hall–Kier alpha value is -1.64. The van der Waals surface area contributed by atoms with Gasteiger partial charge in [0.05, 0.1) is 12.2 Å². The Labute approximate surface area is 77.1 Å². The van der Waals surface area contributed by atoms with Crippen LogP contribution in [0.15, 0.2) is 43.2 Å². The summed E-state index contributed by atoms with van der Waals surface area (Å²) < 4.78 is 1.78. The van der Waals surface area contributed by atoms with Crippen LogP contribution in [0.3, 0.4) is 0 Å². The minimum Gasteiger partial charge on any atom is -0.248 e. The summed E-state index contributed by atoms with van der Waals surface area (Å²) in [5.74, 6) is 0.304. The molecule has 0 unspecified atom stereocenters. The zero-order valence-electron chi connectivity index (χ0n) is 7.30. The quantitative estimate of drug-likeness (QED) is 0.651. The summed E-state index contributed by atoms with van der Waals surface area (Å²) in [6.07, 6.45) is 12.0. The van der Waals surface area contributed by atoms with Gasteiger partial charge in [0.2, 0.25) is 0 Å². The van der Waals surface area contributed by atoms with Crippen molar-refractivity contribution in [3.05, 3.63) is 48.8 Å². The smallest absolute Gasteiger partial charge is 0.0933 e. The van der Waals surface area contributed by atoms with Crippen LogP contribution in [-0.2, 0) is 6.54 Å². The van der Waals surface area contributed by atoms with Crippen molar-refractivity contribution in [3.8, 4) is 0 Å². The number of hydrogen-bond acceptors (Lipinski definition) is 2. The Balaban J connectivity index is 2.17. The highest BCUT2D eigenvalue weighted by molar-refractivity contribution is 5.28. The lowest BCUT2D eigenvalue weighted by Crippen LogP contribution is -1.94. The van der Waals surface area contributed by atoms with Crippen molar-refractivity contribution in [1.29, 1.82) is 0 Å². The molecule has 0 radical (unpaired) electrons. The number of allylic oxidation sites excluding steroid dienone is 5. The molecule has 0 fully saturated rings. The second-order valence-corrected chi connectivity index (χ2v) is 2.95. The van der Waals surface area contributed by atoms with Gasteiger partial charge in [0.25, 0.3) is 0 Å². The summed E-state index contributed by atoms with van der Waals surface area (Å²) in [7, 11) is 0. The lowest BCUT2D eigenvalue weighted by molar-refractivity contribution is 0.662. The van der Waals surface area contributed by atoms with Crippen LogP contribution in [0.25, 0.3) is 0 Å². The van der Waals surface area contributed by atoms with E-state index in [4.69, 9.17) is 0 Å². The maximum absolute atomic E-state index is 4.08. The van der Waals surface area contributed by atoms with Crippen LogP contribution in [0.5, 0.6) is 0 Å². The van der Waals surface area contributed by atoms with Crippen molar-refractivity contribution in [2.75, 3.05) is 0 Å². The Morgan fingerprint density at radius 3 is 2.92 bits per heavy atom. The SMILES string of the molecule is C=CCn1cc(C2C=CC=C2)nn1. The van der Waals surface area contributed by atoms with Crippen molar-refractivity contribution < 1.29 is 0 Å². The number of aromatic nitrogens is 3. The van der Waals surface area contributed by atoms with E-state index in [1.807, 2.05) is 18.3 Å². The maximum atomic E-state index is 4.08. The van der Waals surface area contributed by atoms with Gasteiger partial charge in [-0.2, -0.15) is 0 Å². The van der Waals surface area contributed by atoms with Gasteiger partial charge in [-0.3, -0.25) is 0 Å². The lowest BCUT2D eigenvalue weighted by atomic mass is 10.1. The van der Waals surface area contributed by atoms with Gasteiger partial charge >= 0.3 is 0 Å². The molecule has 3 nitrogen and oxygen atoms in total. The van der Waals surface area contributed by atoms with Crippen molar-refractivity contribution in [3.63, 3.8) is 0 Å². The van der Waals surface area contributed by atoms with Gasteiger partial charge in [-0.1, -0.05) is 35.6 Å². The molecule has 1 aliphatic rings.